The lowest BCUT2D eigenvalue weighted by molar-refractivity contribution is -0.384. The van der Waals surface area contributed by atoms with Crippen LogP contribution in [0, 0.1) is 10.1 Å². The number of anilines is 1. The van der Waals surface area contributed by atoms with Gasteiger partial charge in [0, 0.05) is 25.7 Å². The van der Waals surface area contributed by atoms with Crippen LogP contribution in [-0.2, 0) is 6.18 Å². The van der Waals surface area contributed by atoms with Gasteiger partial charge < -0.3 is 9.80 Å². The van der Waals surface area contributed by atoms with E-state index in [0.717, 1.165) is 25.6 Å². The predicted octanol–water partition coefficient (Wildman–Crippen LogP) is 2.75. The number of likely N-dealkylation sites (tertiary alicyclic amines) is 1. The summed E-state index contributed by atoms with van der Waals surface area (Å²) in [5.74, 6) is 0. The molecule has 0 bridgehead atoms. The van der Waals surface area contributed by atoms with Gasteiger partial charge in [0.15, 0.2) is 0 Å². The minimum absolute atomic E-state index is 0.0606. The molecule has 0 aromatic heterocycles. The predicted molar refractivity (Wildman–Crippen MR) is 72.4 cm³/mol. The second-order valence-electron chi connectivity index (χ2n) is 5.27. The van der Waals surface area contributed by atoms with E-state index >= 15 is 0 Å². The summed E-state index contributed by atoms with van der Waals surface area (Å²) in [6.45, 7) is 1.60. The molecule has 1 aromatic carbocycles. The molecule has 1 aliphatic rings. The molecule has 1 atom stereocenters. The third-order valence-electron chi connectivity index (χ3n) is 3.79. The maximum absolute atomic E-state index is 12.7. The molecule has 1 aliphatic heterocycles. The fourth-order valence-corrected chi connectivity index (χ4v) is 2.57. The lowest BCUT2D eigenvalue weighted by Crippen LogP contribution is -2.34. The summed E-state index contributed by atoms with van der Waals surface area (Å²) in [7, 11) is 3.62. The second kappa shape index (κ2) is 5.51. The van der Waals surface area contributed by atoms with Crippen LogP contribution >= 0.6 is 0 Å². The fourth-order valence-electron chi connectivity index (χ4n) is 2.57. The van der Waals surface area contributed by atoms with Crippen molar-refractivity contribution in [2.24, 2.45) is 0 Å². The van der Waals surface area contributed by atoms with Crippen LogP contribution in [0.25, 0.3) is 0 Å². The summed E-state index contributed by atoms with van der Waals surface area (Å²) in [4.78, 5) is 14.1. The quantitative estimate of drug-likeness (QED) is 0.636. The van der Waals surface area contributed by atoms with E-state index in [-0.39, 0.29) is 11.7 Å². The first-order valence-corrected chi connectivity index (χ1v) is 6.47. The van der Waals surface area contributed by atoms with Gasteiger partial charge in [0.05, 0.1) is 10.5 Å². The van der Waals surface area contributed by atoms with E-state index in [1.54, 1.807) is 11.9 Å². The van der Waals surface area contributed by atoms with Crippen LogP contribution in [0.5, 0.6) is 0 Å². The standard InChI is InChI=1S/C13H16F3N3O2/c1-17-6-5-10(8-17)18(2)11-4-3-9(13(14,15)16)7-12(11)19(20)21/h3-4,7,10H,5-6,8H2,1-2H3/t10-/m0/s1. The van der Waals surface area contributed by atoms with Crippen molar-refractivity contribution in [3.05, 3.63) is 33.9 Å². The Bertz CT molecular complexity index is 548. The van der Waals surface area contributed by atoms with Gasteiger partial charge in [-0.05, 0) is 32.1 Å². The van der Waals surface area contributed by atoms with Gasteiger partial charge in [-0.1, -0.05) is 0 Å². The van der Waals surface area contributed by atoms with Crippen molar-refractivity contribution < 1.29 is 18.1 Å². The molecule has 8 heteroatoms. The van der Waals surface area contributed by atoms with Crippen molar-refractivity contribution in [2.75, 3.05) is 32.1 Å². The first-order chi connectivity index (χ1) is 9.70. The van der Waals surface area contributed by atoms with Gasteiger partial charge in [0.2, 0.25) is 0 Å². The summed E-state index contributed by atoms with van der Waals surface area (Å²) in [5, 5.41) is 11.1. The average molecular weight is 303 g/mol. The Morgan fingerprint density at radius 3 is 2.57 bits per heavy atom. The van der Waals surface area contributed by atoms with Crippen molar-refractivity contribution in [2.45, 2.75) is 18.6 Å². The maximum Gasteiger partial charge on any atom is 0.416 e. The van der Waals surface area contributed by atoms with Crippen LogP contribution in [0.1, 0.15) is 12.0 Å². The molecule has 0 amide bonds. The zero-order valence-corrected chi connectivity index (χ0v) is 11.7. The third kappa shape index (κ3) is 3.26. The van der Waals surface area contributed by atoms with Gasteiger partial charge >= 0.3 is 6.18 Å². The summed E-state index contributed by atoms with van der Waals surface area (Å²) in [6.07, 6.45) is -3.76. The Morgan fingerprint density at radius 2 is 2.10 bits per heavy atom. The summed E-state index contributed by atoms with van der Waals surface area (Å²) >= 11 is 0. The molecule has 21 heavy (non-hydrogen) atoms. The minimum atomic E-state index is -4.59. The summed E-state index contributed by atoms with van der Waals surface area (Å²) in [6, 6.07) is 2.73. The van der Waals surface area contributed by atoms with E-state index in [1.807, 2.05) is 7.05 Å². The zero-order valence-electron chi connectivity index (χ0n) is 11.7. The molecular weight excluding hydrogens is 287 g/mol. The molecule has 116 valence electrons. The van der Waals surface area contributed by atoms with E-state index in [0.29, 0.717) is 6.07 Å². The van der Waals surface area contributed by atoms with Crippen molar-refractivity contribution in [1.82, 2.24) is 4.90 Å². The molecule has 5 nitrogen and oxygen atoms in total. The Morgan fingerprint density at radius 1 is 1.43 bits per heavy atom. The largest absolute Gasteiger partial charge is 0.416 e. The normalized spacial score (nSPS) is 19.8. The van der Waals surface area contributed by atoms with Crippen LogP contribution in [0.2, 0.25) is 0 Å². The van der Waals surface area contributed by atoms with Crippen molar-refractivity contribution >= 4 is 11.4 Å². The third-order valence-corrected chi connectivity index (χ3v) is 3.79. The Hall–Kier alpha value is -1.83. The number of nitro groups is 1. The molecule has 1 aromatic rings. The van der Waals surface area contributed by atoms with E-state index in [2.05, 4.69) is 4.90 Å². The monoisotopic (exact) mass is 303 g/mol. The number of halogens is 3. The molecule has 0 spiro atoms. The zero-order chi connectivity index (χ0) is 15.8. The number of rotatable bonds is 3. The van der Waals surface area contributed by atoms with E-state index in [4.69, 9.17) is 0 Å². The highest BCUT2D eigenvalue weighted by Gasteiger charge is 2.34. The number of hydrogen-bond donors (Lipinski definition) is 0. The molecule has 0 unspecified atom stereocenters. The van der Waals surface area contributed by atoms with E-state index in [1.165, 1.54) is 6.07 Å². The molecule has 2 rings (SSSR count). The second-order valence-corrected chi connectivity index (χ2v) is 5.27. The van der Waals surface area contributed by atoms with Crippen LogP contribution in [0.3, 0.4) is 0 Å². The van der Waals surface area contributed by atoms with Gasteiger partial charge in [-0.25, -0.2) is 0 Å². The highest BCUT2D eigenvalue weighted by Crippen LogP contribution is 2.37. The molecule has 0 N–H and O–H groups in total. The van der Waals surface area contributed by atoms with Gasteiger partial charge in [-0.3, -0.25) is 10.1 Å². The van der Waals surface area contributed by atoms with Gasteiger partial charge in [-0.2, -0.15) is 13.2 Å². The number of nitro benzene ring substituents is 1. The van der Waals surface area contributed by atoms with Crippen molar-refractivity contribution in [3.63, 3.8) is 0 Å². The highest BCUT2D eigenvalue weighted by molar-refractivity contribution is 5.65. The molecule has 1 heterocycles. The summed E-state index contributed by atoms with van der Waals surface area (Å²) in [5.41, 5.74) is -1.30. The smallest absolute Gasteiger partial charge is 0.365 e. The van der Waals surface area contributed by atoms with Crippen molar-refractivity contribution in [1.29, 1.82) is 0 Å². The highest BCUT2D eigenvalue weighted by atomic mass is 19.4. The number of nitrogens with zero attached hydrogens (tertiary/aromatic N) is 3. The Balaban J connectivity index is 2.37. The number of alkyl halides is 3. The first kappa shape index (κ1) is 15.6. The van der Waals surface area contributed by atoms with E-state index in [9.17, 15) is 23.3 Å². The Labute approximate surface area is 120 Å². The minimum Gasteiger partial charge on any atom is -0.365 e. The van der Waals surface area contributed by atoms with Crippen LogP contribution in [0.4, 0.5) is 24.5 Å². The van der Waals surface area contributed by atoms with Crippen LogP contribution in [0.15, 0.2) is 18.2 Å². The van der Waals surface area contributed by atoms with Crippen LogP contribution < -0.4 is 4.90 Å². The summed E-state index contributed by atoms with van der Waals surface area (Å²) < 4.78 is 38.0. The van der Waals surface area contributed by atoms with Gasteiger partial charge in [0.1, 0.15) is 5.69 Å². The molecular formula is C13H16F3N3O2. The average Bonchev–Trinajstić information content (AvgIpc) is 2.82. The number of hydrogen-bond acceptors (Lipinski definition) is 4. The lowest BCUT2D eigenvalue weighted by Gasteiger charge is -2.26. The topological polar surface area (TPSA) is 49.6 Å². The first-order valence-electron chi connectivity index (χ1n) is 6.47. The van der Waals surface area contributed by atoms with Crippen LogP contribution in [-0.4, -0.2) is 43.0 Å². The fraction of sp³-hybridized carbons (Fsp3) is 0.538. The number of benzene rings is 1. The molecule has 1 fully saturated rings. The number of likely N-dealkylation sites (N-methyl/N-ethyl adjacent to an activating group) is 2. The molecule has 1 saturated heterocycles. The molecule has 0 saturated carbocycles. The van der Waals surface area contributed by atoms with E-state index < -0.39 is 22.4 Å². The van der Waals surface area contributed by atoms with Crippen molar-refractivity contribution in [3.8, 4) is 0 Å². The molecule has 0 radical (unpaired) electrons. The Kier molecular flexibility index (Phi) is 4.08. The maximum atomic E-state index is 12.7. The molecule has 0 aliphatic carbocycles. The van der Waals surface area contributed by atoms with Gasteiger partial charge in [0.25, 0.3) is 5.69 Å². The van der Waals surface area contributed by atoms with Gasteiger partial charge in [-0.15, -0.1) is 0 Å². The SMILES string of the molecule is CN1CC[C@H](N(C)c2ccc(C(F)(F)F)cc2[N+](=O)[O-])C1. The lowest BCUT2D eigenvalue weighted by atomic mass is 10.1.